The Morgan fingerprint density at radius 3 is 2.14 bits per heavy atom. The first-order valence-corrected chi connectivity index (χ1v) is 11.9. The van der Waals surface area contributed by atoms with Gasteiger partial charge in [-0.05, 0) is 51.5 Å². The van der Waals surface area contributed by atoms with E-state index in [1.54, 1.807) is 20.8 Å². The highest BCUT2D eigenvalue weighted by Gasteiger charge is 2.28. The van der Waals surface area contributed by atoms with Gasteiger partial charge < -0.3 is 30.7 Å². The second-order valence-electron chi connectivity index (χ2n) is 9.63. The van der Waals surface area contributed by atoms with Crippen molar-refractivity contribution in [1.82, 2.24) is 21.3 Å². The number of carbonyl (C=O) groups is 4. The normalized spacial score (nSPS) is 12.8. The summed E-state index contributed by atoms with van der Waals surface area (Å²) in [6, 6.07) is 7.60. The lowest BCUT2D eigenvalue weighted by Crippen LogP contribution is -2.54. The Morgan fingerprint density at radius 1 is 0.914 bits per heavy atom. The Kier molecular flexibility index (Phi) is 12.6. The molecule has 35 heavy (non-hydrogen) atoms. The summed E-state index contributed by atoms with van der Waals surface area (Å²) < 4.78 is 10.4. The molecule has 0 radical (unpaired) electrons. The quantitative estimate of drug-likeness (QED) is 0.332. The molecule has 0 aromatic heterocycles. The maximum Gasteiger partial charge on any atom is 0.408 e. The van der Waals surface area contributed by atoms with Crippen molar-refractivity contribution in [3.8, 4) is 0 Å². The summed E-state index contributed by atoms with van der Waals surface area (Å²) in [4.78, 5) is 49.4. The molecular weight excluding hydrogens is 452 g/mol. The fraction of sp³-hybridized carbons (Fsp3) is 0.600. The zero-order valence-electron chi connectivity index (χ0n) is 21.6. The van der Waals surface area contributed by atoms with E-state index in [0.29, 0.717) is 12.8 Å². The fourth-order valence-corrected chi connectivity index (χ4v) is 3.14. The highest BCUT2D eigenvalue weighted by molar-refractivity contribution is 5.91. The molecule has 4 amide bonds. The molecular formula is C25H40N4O6. The monoisotopic (exact) mass is 492 g/mol. The number of hydrogen-bond donors (Lipinski definition) is 4. The minimum absolute atomic E-state index is 0.147. The second kappa shape index (κ2) is 14.9. The molecule has 0 heterocycles. The highest BCUT2D eigenvalue weighted by atomic mass is 16.6. The van der Waals surface area contributed by atoms with E-state index in [9.17, 15) is 19.2 Å². The number of likely N-dealkylation sites (N-methyl/N-ethyl adjacent to an activating group) is 1. The zero-order chi connectivity index (χ0) is 26.4. The fourth-order valence-electron chi connectivity index (χ4n) is 3.14. The van der Waals surface area contributed by atoms with Gasteiger partial charge >= 0.3 is 12.2 Å². The van der Waals surface area contributed by atoms with E-state index < -0.39 is 35.8 Å². The molecule has 4 N–H and O–H groups in total. The van der Waals surface area contributed by atoms with Crippen molar-refractivity contribution in [1.29, 1.82) is 0 Å². The number of carbonyl (C=O) groups excluding carboxylic acids is 4. The average molecular weight is 493 g/mol. The predicted molar refractivity (Wildman–Crippen MR) is 132 cm³/mol. The van der Waals surface area contributed by atoms with Crippen LogP contribution >= 0.6 is 0 Å². The van der Waals surface area contributed by atoms with Gasteiger partial charge in [0.25, 0.3) is 0 Å². The van der Waals surface area contributed by atoms with Crippen molar-refractivity contribution in [3.05, 3.63) is 35.9 Å². The largest absolute Gasteiger partial charge is 0.445 e. The van der Waals surface area contributed by atoms with Crippen LogP contribution in [0.4, 0.5) is 9.59 Å². The van der Waals surface area contributed by atoms with Gasteiger partial charge in [-0.2, -0.15) is 0 Å². The number of hydrogen-bond acceptors (Lipinski definition) is 6. The zero-order valence-corrected chi connectivity index (χ0v) is 21.6. The molecule has 0 saturated heterocycles. The molecule has 0 aliphatic heterocycles. The van der Waals surface area contributed by atoms with Crippen LogP contribution in [0.25, 0.3) is 0 Å². The van der Waals surface area contributed by atoms with Crippen LogP contribution in [0.15, 0.2) is 30.3 Å². The van der Waals surface area contributed by atoms with Crippen molar-refractivity contribution in [3.63, 3.8) is 0 Å². The lowest BCUT2D eigenvalue weighted by molar-refractivity contribution is -0.130. The molecule has 0 unspecified atom stereocenters. The third-order valence-corrected chi connectivity index (χ3v) is 4.75. The van der Waals surface area contributed by atoms with Gasteiger partial charge in [-0.3, -0.25) is 9.59 Å². The van der Waals surface area contributed by atoms with E-state index in [2.05, 4.69) is 21.3 Å². The molecule has 0 bridgehead atoms. The Labute approximate surface area is 207 Å². The summed E-state index contributed by atoms with van der Waals surface area (Å²) >= 11 is 0. The van der Waals surface area contributed by atoms with Crippen molar-refractivity contribution in [2.75, 3.05) is 13.6 Å². The van der Waals surface area contributed by atoms with Crippen molar-refractivity contribution in [2.45, 2.75) is 78.2 Å². The molecule has 10 heteroatoms. The second-order valence-corrected chi connectivity index (χ2v) is 9.63. The number of rotatable bonds is 12. The van der Waals surface area contributed by atoms with Crippen LogP contribution in [-0.4, -0.2) is 55.3 Å². The van der Waals surface area contributed by atoms with E-state index in [4.69, 9.17) is 9.47 Å². The Morgan fingerprint density at radius 2 is 1.57 bits per heavy atom. The Hall–Kier alpha value is -3.30. The van der Waals surface area contributed by atoms with Crippen molar-refractivity contribution >= 4 is 24.0 Å². The predicted octanol–water partition coefficient (Wildman–Crippen LogP) is 2.86. The molecule has 0 fully saturated rings. The van der Waals surface area contributed by atoms with E-state index in [0.717, 1.165) is 5.56 Å². The van der Waals surface area contributed by atoms with Gasteiger partial charge in [0.2, 0.25) is 11.8 Å². The summed E-state index contributed by atoms with van der Waals surface area (Å²) in [6.45, 7) is 9.43. The number of nitrogens with one attached hydrogen (secondary N) is 4. The van der Waals surface area contributed by atoms with Gasteiger partial charge in [-0.25, -0.2) is 9.59 Å². The molecule has 0 aliphatic carbocycles. The number of alkyl carbamates (subject to hydrolysis) is 2. The number of benzene rings is 1. The first-order chi connectivity index (χ1) is 16.4. The minimum atomic E-state index is -0.952. The van der Waals surface area contributed by atoms with Crippen LogP contribution in [-0.2, 0) is 25.7 Å². The third-order valence-electron chi connectivity index (χ3n) is 4.75. The minimum Gasteiger partial charge on any atom is -0.445 e. The van der Waals surface area contributed by atoms with Crippen LogP contribution in [0.1, 0.15) is 59.4 Å². The van der Waals surface area contributed by atoms with Crippen LogP contribution < -0.4 is 21.3 Å². The molecule has 0 spiro atoms. The Balaban J connectivity index is 2.67. The van der Waals surface area contributed by atoms with Crippen LogP contribution in [0.3, 0.4) is 0 Å². The molecule has 1 rings (SSSR count). The van der Waals surface area contributed by atoms with Crippen LogP contribution in [0, 0.1) is 5.92 Å². The first kappa shape index (κ1) is 29.7. The summed E-state index contributed by atoms with van der Waals surface area (Å²) in [7, 11) is 1.50. The van der Waals surface area contributed by atoms with Crippen LogP contribution in [0.5, 0.6) is 0 Å². The van der Waals surface area contributed by atoms with E-state index >= 15 is 0 Å². The lowest BCUT2D eigenvalue weighted by atomic mass is 10.0. The molecule has 0 saturated carbocycles. The van der Waals surface area contributed by atoms with E-state index in [-0.39, 0.29) is 31.4 Å². The number of ether oxygens (including phenoxy) is 2. The summed E-state index contributed by atoms with van der Waals surface area (Å²) in [6.07, 6.45) is -0.283. The van der Waals surface area contributed by atoms with Crippen LogP contribution in [0.2, 0.25) is 0 Å². The molecule has 1 aromatic carbocycles. The summed E-state index contributed by atoms with van der Waals surface area (Å²) in [5.74, 6) is -0.649. The van der Waals surface area contributed by atoms with Gasteiger partial charge in [0.15, 0.2) is 0 Å². The summed E-state index contributed by atoms with van der Waals surface area (Å²) in [5, 5.41) is 10.5. The maximum absolute atomic E-state index is 13.0. The first-order valence-electron chi connectivity index (χ1n) is 11.9. The van der Waals surface area contributed by atoms with Crippen molar-refractivity contribution in [2.24, 2.45) is 5.92 Å². The van der Waals surface area contributed by atoms with E-state index in [1.807, 2.05) is 44.2 Å². The smallest absolute Gasteiger partial charge is 0.408 e. The van der Waals surface area contributed by atoms with Gasteiger partial charge in [0, 0.05) is 13.6 Å². The van der Waals surface area contributed by atoms with Gasteiger partial charge in [0.1, 0.15) is 24.3 Å². The SMILES string of the molecule is CNC(=O)[C@H](CC(C)C)NC(=O)[C@H](CCCNC(=O)OCc1ccccc1)NC(=O)OC(C)(C)C. The topological polar surface area (TPSA) is 135 Å². The Bertz CT molecular complexity index is 823. The summed E-state index contributed by atoms with van der Waals surface area (Å²) in [5.41, 5.74) is 0.130. The van der Waals surface area contributed by atoms with Crippen molar-refractivity contribution < 1.29 is 28.7 Å². The van der Waals surface area contributed by atoms with Gasteiger partial charge in [-0.15, -0.1) is 0 Å². The highest BCUT2D eigenvalue weighted by Crippen LogP contribution is 2.10. The molecule has 2 atom stereocenters. The van der Waals surface area contributed by atoms with E-state index in [1.165, 1.54) is 7.05 Å². The third kappa shape index (κ3) is 13.2. The molecule has 10 nitrogen and oxygen atoms in total. The standard InChI is InChI=1S/C25H40N4O6/c1-17(2)15-20(21(30)26-6)28-22(31)19(29-24(33)35-25(3,4)5)13-10-14-27-23(32)34-16-18-11-8-7-9-12-18/h7-9,11-12,17,19-20H,10,13-16H2,1-6H3,(H,26,30)(H,27,32)(H,28,31)(H,29,33)/t19-,20-/m0/s1. The maximum atomic E-state index is 13.0. The lowest BCUT2D eigenvalue weighted by Gasteiger charge is -2.25. The number of amides is 4. The molecule has 196 valence electrons. The van der Waals surface area contributed by atoms with Gasteiger partial charge in [0.05, 0.1) is 0 Å². The van der Waals surface area contributed by atoms with Gasteiger partial charge in [-0.1, -0.05) is 44.2 Å². The average Bonchev–Trinajstić information content (AvgIpc) is 2.77. The molecule has 0 aliphatic rings. The molecule has 1 aromatic rings.